The van der Waals surface area contributed by atoms with Crippen LogP contribution < -0.4 is 5.32 Å². The van der Waals surface area contributed by atoms with Crippen molar-refractivity contribution in [2.24, 2.45) is 5.92 Å². The second kappa shape index (κ2) is 12.2. The van der Waals surface area contributed by atoms with Crippen LogP contribution in [0.25, 0.3) is 0 Å². The van der Waals surface area contributed by atoms with Gasteiger partial charge < -0.3 is 14.8 Å². The van der Waals surface area contributed by atoms with Crippen LogP contribution in [0.15, 0.2) is 48.1 Å². The van der Waals surface area contributed by atoms with Gasteiger partial charge in [-0.3, -0.25) is 0 Å². The number of alkyl carbamates (subject to hydrolysis) is 1. The molecule has 0 aromatic heterocycles. The first kappa shape index (κ1) is 23.8. The fraction of sp³-hybridized carbons (Fsp3) is 0.455. The number of nitrogens with one attached hydrogen (secondary N) is 1. The standard InChI is InChI=1S/C22H30ClNO4/c1-6-27-21(25)20(13-17-8-11-19(23)12-9-17)24-22(26)28-14-18(16(4)5)10-7-15(2)3/h7-9,11-12,18,20H,4,6,10,13-14H2,1-3,5H3,(H,24,26). The number of ether oxygens (including phenoxy) is 2. The van der Waals surface area contributed by atoms with E-state index in [-0.39, 0.29) is 25.6 Å². The van der Waals surface area contributed by atoms with Crippen molar-refractivity contribution in [3.8, 4) is 0 Å². The minimum atomic E-state index is -0.838. The topological polar surface area (TPSA) is 64.6 Å². The van der Waals surface area contributed by atoms with Crippen LogP contribution in [0.5, 0.6) is 0 Å². The third-order valence-electron chi connectivity index (χ3n) is 4.14. The predicted molar refractivity (Wildman–Crippen MR) is 112 cm³/mol. The van der Waals surface area contributed by atoms with Gasteiger partial charge in [-0.25, -0.2) is 9.59 Å². The van der Waals surface area contributed by atoms with Gasteiger partial charge in [0.1, 0.15) is 6.04 Å². The highest BCUT2D eigenvalue weighted by Gasteiger charge is 2.24. The fourth-order valence-corrected chi connectivity index (χ4v) is 2.57. The Hall–Kier alpha value is -2.27. The Balaban J connectivity index is 2.71. The van der Waals surface area contributed by atoms with Gasteiger partial charge in [-0.1, -0.05) is 47.5 Å². The minimum absolute atomic E-state index is 0.0259. The average molecular weight is 408 g/mol. The first-order chi connectivity index (χ1) is 13.2. The molecule has 6 heteroatoms. The molecular weight excluding hydrogens is 378 g/mol. The Kier molecular flexibility index (Phi) is 10.4. The number of esters is 1. The molecule has 1 amide bonds. The molecule has 0 saturated carbocycles. The number of rotatable bonds is 10. The maximum absolute atomic E-state index is 12.3. The molecule has 154 valence electrons. The van der Waals surface area contributed by atoms with E-state index >= 15 is 0 Å². The Labute approximate surface area is 172 Å². The van der Waals surface area contributed by atoms with E-state index in [1.54, 1.807) is 31.2 Å². The largest absolute Gasteiger partial charge is 0.464 e. The van der Waals surface area contributed by atoms with Crippen LogP contribution >= 0.6 is 11.6 Å². The minimum Gasteiger partial charge on any atom is -0.464 e. The van der Waals surface area contributed by atoms with Crippen molar-refractivity contribution in [3.05, 3.63) is 58.7 Å². The summed E-state index contributed by atoms with van der Waals surface area (Å²) in [4.78, 5) is 24.5. The Bertz CT molecular complexity index is 693. The molecule has 28 heavy (non-hydrogen) atoms. The Morgan fingerprint density at radius 1 is 1.18 bits per heavy atom. The van der Waals surface area contributed by atoms with Gasteiger partial charge in [0, 0.05) is 17.4 Å². The molecule has 0 saturated heterocycles. The van der Waals surface area contributed by atoms with E-state index in [1.807, 2.05) is 20.8 Å². The third kappa shape index (κ3) is 9.09. The molecule has 2 atom stereocenters. The zero-order chi connectivity index (χ0) is 21.1. The van der Waals surface area contributed by atoms with Crippen molar-refractivity contribution in [3.63, 3.8) is 0 Å². The molecule has 0 radical (unpaired) electrons. The summed E-state index contributed by atoms with van der Waals surface area (Å²) in [5.74, 6) is -0.478. The van der Waals surface area contributed by atoms with Crippen molar-refractivity contribution < 1.29 is 19.1 Å². The number of carbonyl (C=O) groups is 2. The van der Waals surface area contributed by atoms with Crippen molar-refractivity contribution in [2.75, 3.05) is 13.2 Å². The molecule has 1 aromatic rings. The maximum atomic E-state index is 12.3. The van der Waals surface area contributed by atoms with Crippen molar-refractivity contribution in [1.29, 1.82) is 0 Å². The molecule has 0 heterocycles. The van der Waals surface area contributed by atoms with E-state index in [2.05, 4.69) is 18.0 Å². The summed E-state index contributed by atoms with van der Waals surface area (Å²) < 4.78 is 10.4. The molecule has 5 nitrogen and oxygen atoms in total. The molecular formula is C22H30ClNO4. The van der Waals surface area contributed by atoms with Gasteiger partial charge in [-0.2, -0.15) is 0 Å². The predicted octanol–water partition coefficient (Wildman–Crippen LogP) is 5.09. The molecule has 1 N–H and O–H groups in total. The first-order valence-electron chi connectivity index (χ1n) is 9.36. The zero-order valence-corrected chi connectivity index (χ0v) is 17.8. The number of carbonyl (C=O) groups excluding carboxylic acids is 2. The van der Waals surface area contributed by atoms with Crippen LogP contribution in [0.1, 0.15) is 39.7 Å². The number of benzene rings is 1. The summed E-state index contributed by atoms with van der Waals surface area (Å²) >= 11 is 5.89. The fourth-order valence-electron chi connectivity index (χ4n) is 2.44. The van der Waals surface area contributed by atoms with Crippen LogP contribution in [-0.2, 0) is 20.7 Å². The van der Waals surface area contributed by atoms with Crippen LogP contribution in [0, 0.1) is 5.92 Å². The van der Waals surface area contributed by atoms with Crippen LogP contribution in [0.2, 0.25) is 5.02 Å². The van der Waals surface area contributed by atoms with Gasteiger partial charge in [-0.05, 0) is 51.8 Å². The zero-order valence-electron chi connectivity index (χ0n) is 17.1. The molecule has 1 aromatic carbocycles. The van der Waals surface area contributed by atoms with E-state index < -0.39 is 18.1 Å². The Morgan fingerprint density at radius 2 is 1.82 bits per heavy atom. The quantitative estimate of drug-likeness (QED) is 0.433. The second-order valence-corrected chi connectivity index (χ2v) is 7.37. The van der Waals surface area contributed by atoms with Gasteiger partial charge in [-0.15, -0.1) is 0 Å². The van der Waals surface area contributed by atoms with Gasteiger partial charge in [0.2, 0.25) is 0 Å². The summed E-state index contributed by atoms with van der Waals surface area (Å²) in [5.41, 5.74) is 2.99. The molecule has 1 rings (SSSR count). The molecule has 0 spiro atoms. The lowest BCUT2D eigenvalue weighted by molar-refractivity contribution is -0.145. The van der Waals surface area contributed by atoms with Crippen LogP contribution in [-0.4, -0.2) is 31.3 Å². The van der Waals surface area contributed by atoms with Crippen molar-refractivity contribution in [1.82, 2.24) is 5.32 Å². The van der Waals surface area contributed by atoms with Gasteiger partial charge in [0.25, 0.3) is 0 Å². The van der Waals surface area contributed by atoms with E-state index in [9.17, 15) is 9.59 Å². The molecule has 0 aliphatic rings. The molecule has 0 aliphatic carbocycles. The van der Waals surface area contributed by atoms with Gasteiger partial charge >= 0.3 is 12.1 Å². The van der Waals surface area contributed by atoms with Crippen LogP contribution in [0.3, 0.4) is 0 Å². The highest BCUT2D eigenvalue weighted by atomic mass is 35.5. The lowest BCUT2D eigenvalue weighted by atomic mass is 9.98. The summed E-state index contributed by atoms with van der Waals surface area (Å²) in [5, 5.41) is 3.21. The van der Waals surface area contributed by atoms with E-state index in [1.165, 1.54) is 5.57 Å². The van der Waals surface area contributed by atoms with Crippen molar-refractivity contribution >= 4 is 23.7 Å². The second-order valence-electron chi connectivity index (χ2n) is 6.94. The molecule has 0 aliphatic heterocycles. The number of hydrogen-bond acceptors (Lipinski definition) is 4. The van der Waals surface area contributed by atoms with E-state index in [4.69, 9.17) is 21.1 Å². The summed E-state index contributed by atoms with van der Waals surface area (Å²) in [6.07, 6.45) is 2.46. The normalized spacial score (nSPS) is 12.5. The highest BCUT2D eigenvalue weighted by molar-refractivity contribution is 6.30. The van der Waals surface area contributed by atoms with E-state index in [0.717, 1.165) is 17.6 Å². The first-order valence-corrected chi connectivity index (χ1v) is 9.73. The number of allylic oxidation sites excluding steroid dienone is 2. The molecule has 2 unspecified atom stereocenters. The number of amides is 1. The molecule has 0 bridgehead atoms. The van der Waals surface area contributed by atoms with Gasteiger partial charge in [0.05, 0.1) is 13.2 Å². The van der Waals surface area contributed by atoms with Crippen LogP contribution in [0.4, 0.5) is 4.79 Å². The number of halogens is 1. The average Bonchev–Trinajstić information content (AvgIpc) is 2.62. The van der Waals surface area contributed by atoms with Gasteiger partial charge in [0.15, 0.2) is 0 Å². The summed E-state index contributed by atoms with van der Waals surface area (Å²) in [6.45, 7) is 12.1. The number of hydrogen-bond donors (Lipinski definition) is 1. The monoisotopic (exact) mass is 407 g/mol. The summed E-state index contributed by atoms with van der Waals surface area (Å²) in [7, 11) is 0. The smallest absolute Gasteiger partial charge is 0.407 e. The third-order valence-corrected chi connectivity index (χ3v) is 4.39. The SMILES string of the molecule is C=C(C)C(CC=C(C)C)COC(=O)NC(Cc1ccc(Cl)cc1)C(=O)OCC. The van der Waals surface area contributed by atoms with E-state index in [0.29, 0.717) is 5.02 Å². The molecule has 0 fully saturated rings. The maximum Gasteiger partial charge on any atom is 0.407 e. The lowest BCUT2D eigenvalue weighted by Crippen LogP contribution is -2.44. The summed E-state index contributed by atoms with van der Waals surface area (Å²) in [6, 6.07) is 6.24. The Morgan fingerprint density at radius 3 is 2.36 bits per heavy atom. The highest BCUT2D eigenvalue weighted by Crippen LogP contribution is 2.16. The lowest BCUT2D eigenvalue weighted by Gasteiger charge is -2.19. The van der Waals surface area contributed by atoms with Crippen molar-refractivity contribution in [2.45, 2.75) is 46.6 Å².